The zero-order chi connectivity index (χ0) is 13.7. The molecule has 0 aliphatic rings. The van der Waals surface area contributed by atoms with Gasteiger partial charge in [-0.1, -0.05) is 42.2 Å². The van der Waals surface area contributed by atoms with E-state index in [9.17, 15) is 0 Å². The highest BCUT2D eigenvalue weighted by atomic mass is 127. The Kier molecular flexibility index (Phi) is 4.49. The van der Waals surface area contributed by atoms with Crippen molar-refractivity contribution < 1.29 is 4.74 Å². The molecule has 0 atom stereocenters. The lowest BCUT2D eigenvalue weighted by molar-refractivity contribution is 0.171. The molecule has 1 nitrogen and oxygen atoms in total. The van der Waals surface area contributed by atoms with E-state index in [0.717, 1.165) is 14.9 Å². The zero-order valence-corrected chi connectivity index (χ0v) is 13.1. The standard InChI is InChI=1S/C17H15IO/c1-17(2,13-12-14-8-4-3-5-9-14)19-16-11-7-6-10-15(16)18/h3-11H,1-2H3. The van der Waals surface area contributed by atoms with Crippen molar-refractivity contribution >= 4 is 22.6 Å². The fourth-order valence-corrected chi connectivity index (χ4v) is 2.07. The molecule has 0 N–H and O–H groups in total. The first-order valence-corrected chi connectivity index (χ1v) is 7.16. The summed E-state index contributed by atoms with van der Waals surface area (Å²) >= 11 is 2.27. The fraction of sp³-hybridized carbons (Fsp3) is 0.176. The predicted octanol–water partition coefficient (Wildman–Crippen LogP) is 4.50. The van der Waals surface area contributed by atoms with Crippen LogP contribution in [0.5, 0.6) is 5.75 Å². The Morgan fingerprint density at radius 3 is 2.26 bits per heavy atom. The normalized spacial score (nSPS) is 10.5. The van der Waals surface area contributed by atoms with Gasteiger partial charge < -0.3 is 4.74 Å². The van der Waals surface area contributed by atoms with Crippen LogP contribution in [0.1, 0.15) is 19.4 Å². The predicted molar refractivity (Wildman–Crippen MR) is 87.2 cm³/mol. The van der Waals surface area contributed by atoms with Crippen LogP contribution in [0.2, 0.25) is 0 Å². The van der Waals surface area contributed by atoms with Gasteiger partial charge in [-0.25, -0.2) is 0 Å². The first-order valence-electron chi connectivity index (χ1n) is 6.09. The second-order valence-corrected chi connectivity index (χ2v) is 5.82. The SMILES string of the molecule is CC(C)(C#Cc1ccccc1)Oc1ccccc1I. The van der Waals surface area contributed by atoms with Crippen LogP contribution in [-0.2, 0) is 0 Å². The number of benzene rings is 2. The molecule has 2 rings (SSSR count). The number of rotatable bonds is 2. The van der Waals surface area contributed by atoms with Gasteiger partial charge in [0, 0.05) is 5.56 Å². The van der Waals surface area contributed by atoms with E-state index in [0.29, 0.717) is 0 Å². The molecule has 0 saturated carbocycles. The highest BCUT2D eigenvalue weighted by Crippen LogP contribution is 2.24. The maximum atomic E-state index is 5.97. The van der Waals surface area contributed by atoms with Crippen molar-refractivity contribution in [1.29, 1.82) is 0 Å². The van der Waals surface area contributed by atoms with Crippen molar-refractivity contribution in [2.24, 2.45) is 0 Å². The van der Waals surface area contributed by atoms with Crippen molar-refractivity contribution in [1.82, 2.24) is 0 Å². The molecule has 2 heteroatoms. The molecule has 0 amide bonds. The van der Waals surface area contributed by atoms with E-state index in [1.165, 1.54) is 0 Å². The summed E-state index contributed by atoms with van der Waals surface area (Å²) in [5.74, 6) is 7.19. The zero-order valence-electron chi connectivity index (χ0n) is 11.0. The summed E-state index contributed by atoms with van der Waals surface area (Å²) in [6.45, 7) is 3.96. The van der Waals surface area contributed by atoms with Crippen molar-refractivity contribution in [2.75, 3.05) is 0 Å². The molecule has 0 radical (unpaired) electrons. The van der Waals surface area contributed by atoms with Gasteiger partial charge in [-0.15, -0.1) is 0 Å². The van der Waals surface area contributed by atoms with Crippen LogP contribution in [-0.4, -0.2) is 5.60 Å². The summed E-state index contributed by atoms with van der Waals surface area (Å²) in [6, 6.07) is 17.9. The third-order valence-corrected chi connectivity index (χ3v) is 3.37. The van der Waals surface area contributed by atoms with E-state index in [1.54, 1.807) is 0 Å². The summed E-state index contributed by atoms with van der Waals surface area (Å²) in [4.78, 5) is 0. The van der Waals surface area contributed by atoms with Gasteiger partial charge in [-0.05, 0) is 60.7 Å². The van der Waals surface area contributed by atoms with E-state index in [4.69, 9.17) is 4.74 Å². The second kappa shape index (κ2) is 6.12. The Labute approximate surface area is 128 Å². The molecule has 0 unspecified atom stereocenters. The topological polar surface area (TPSA) is 9.23 Å². The van der Waals surface area contributed by atoms with Gasteiger partial charge in [0.2, 0.25) is 0 Å². The minimum absolute atomic E-state index is 0.517. The van der Waals surface area contributed by atoms with Gasteiger partial charge in [-0.3, -0.25) is 0 Å². The monoisotopic (exact) mass is 362 g/mol. The number of halogens is 1. The second-order valence-electron chi connectivity index (χ2n) is 4.66. The molecule has 2 aromatic rings. The summed E-state index contributed by atoms with van der Waals surface area (Å²) in [7, 11) is 0. The third-order valence-electron chi connectivity index (χ3n) is 2.48. The lowest BCUT2D eigenvalue weighted by Gasteiger charge is -2.21. The molecule has 0 spiro atoms. The first kappa shape index (κ1) is 14.0. The third kappa shape index (κ3) is 4.29. The lowest BCUT2D eigenvalue weighted by atomic mass is 10.1. The van der Waals surface area contributed by atoms with Crippen LogP contribution in [0.15, 0.2) is 54.6 Å². The van der Waals surface area contributed by atoms with Crippen LogP contribution < -0.4 is 4.74 Å². The van der Waals surface area contributed by atoms with Gasteiger partial charge in [0.1, 0.15) is 5.75 Å². The highest BCUT2D eigenvalue weighted by molar-refractivity contribution is 14.1. The van der Waals surface area contributed by atoms with Gasteiger partial charge >= 0.3 is 0 Å². The summed E-state index contributed by atoms with van der Waals surface area (Å²) in [6.07, 6.45) is 0. The average molecular weight is 362 g/mol. The smallest absolute Gasteiger partial charge is 0.164 e. The molecule has 0 aromatic heterocycles. The van der Waals surface area contributed by atoms with Crippen LogP contribution in [0.25, 0.3) is 0 Å². The minimum atomic E-state index is -0.517. The van der Waals surface area contributed by atoms with E-state index in [-0.39, 0.29) is 0 Å². The number of hydrogen-bond acceptors (Lipinski definition) is 1. The van der Waals surface area contributed by atoms with E-state index in [1.807, 2.05) is 68.4 Å². The van der Waals surface area contributed by atoms with Crippen molar-refractivity contribution in [3.63, 3.8) is 0 Å². The lowest BCUT2D eigenvalue weighted by Crippen LogP contribution is -2.26. The molecule has 19 heavy (non-hydrogen) atoms. The number of hydrogen-bond donors (Lipinski definition) is 0. The highest BCUT2D eigenvalue weighted by Gasteiger charge is 2.17. The summed E-state index contributed by atoms with van der Waals surface area (Å²) < 4.78 is 7.07. The van der Waals surface area contributed by atoms with Crippen LogP contribution in [0.3, 0.4) is 0 Å². The van der Waals surface area contributed by atoms with Crippen LogP contribution >= 0.6 is 22.6 Å². The number of ether oxygens (including phenoxy) is 1. The van der Waals surface area contributed by atoms with Crippen molar-refractivity contribution in [3.05, 3.63) is 63.7 Å². The van der Waals surface area contributed by atoms with Gasteiger partial charge in [0.05, 0.1) is 3.57 Å². The number of para-hydroxylation sites is 1. The molecule has 2 aromatic carbocycles. The minimum Gasteiger partial charge on any atom is -0.474 e. The molecule has 96 valence electrons. The van der Waals surface area contributed by atoms with E-state index < -0.39 is 5.60 Å². The van der Waals surface area contributed by atoms with E-state index >= 15 is 0 Å². The molecule has 0 bridgehead atoms. The Hall–Kier alpha value is -1.47. The molecule has 0 saturated heterocycles. The average Bonchev–Trinajstić information content (AvgIpc) is 2.40. The van der Waals surface area contributed by atoms with Crippen LogP contribution in [0.4, 0.5) is 0 Å². The fourth-order valence-electron chi connectivity index (χ4n) is 1.57. The Bertz CT molecular complexity index is 606. The molecular formula is C17H15IO. The summed E-state index contributed by atoms with van der Waals surface area (Å²) in [5.41, 5.74) is 0.485. The van der Waals surface area contributed by atoms with Gasteiger partial charge in [0.15, 0.2) is 5.60 Å². The molecule has 0 aliphatic carbocycles. The van der Waals surface area contributed by atoms with Gasteiger partial charge in [-0.2, -0.15) is 0 Å². The first-order chi connectivity index (χ1) is 9.07. The molecule has 0 heterocycles. The van der Waals surface area contributed by atoms with Gasteiger partial charge in [0.25, 0.3) is 0 Å². The summed E-state index contributed by atoms with van der Waals surface area (Å²) in [5, 5.41) is 0. The Balaban J connectivity index is 2.16. The Morgan fingerprint density at radius 1 is 0.947 bits per heavy atom. The Morgan fingerprint density at radius 2 is 1.58 bits per heavy atom. The molecular weight excluding hydrogens is 347 g/mol. The van der Waals surface area contributed by atoms with Crippen molar-refractivity contribution in [3.8, 4) is 17.6 Å². The molecule has 0 fully saturated rings. The molecule has 0 aliphatic heterocycles. The quantitative estimate of drug-likeness (QED) is 0.565. The largest absolute Gasteiger partial charge is 0.474 e. The van der Waals surface area contributed by atoms with E-state index in [2.05, 4.69) is 34.4 Å². The maximum absolute atomic E-state index is 5.97. The van der Waals surface area contributed by atoms with Crippen LogP contribution in [0, 0.1) is 15.4 Å². The van der Waals surface area contributed by atoms with Crippen molar-refractivity contribution in [2.45, 2.75) is 19.4 Å². The maximum Gasteiger partial charge on any atom is 0.164 e.